The van der Waals surface area contributed by atoms with Crippen molar-refractivity contribution in [1.29, 1.82) is 5.26 Å². The Kier molecular flexibility index (Phi) is 10.3. The minimum Gasteiger partial charge on any atom is -0.495 e. The summed E-state index contributed by atoms with van der Waals surface area (Å²) in [6, 6.07) is 15.9. The molecule has 0 aromatic heterocycles. The Morgan fingerprint density at radius 1 is 1.03 bits per heavy atom. The first-order valence-electron chi connectivity index (χ1n) is 11.0. The molecule has 192 valence electrons. The molecule has 0 aliphatic rings. The summed E-state index contributed by atoms with van der Waals surface area (Å²) < 4.78 is 23.1. The minimum absolute atomic E-state index is 0.121. The van der Waals surface area contributed by atoms with E-state index in [0.717, 1.165) is 9.13 Å². The average Bonchev–Trinajstić information content (AvgIpc) is 2.88. The molecule has 1 N–H and O–H groups in total. The van der Waals surface area contributed by atoms with Crippen LogP contribution in [0.15, 0.2) is 54.1 Å². The van der Waals surface area contributed by atoms with E-state index in [1.54, 1.807) is 24.3 Å². The van der Waals surface area contributed by atoms with E-state index in [1.165, 1.54) is 32.4 Å². The average molecular weight is 653 g/mol. The van der Waals surface area contributed by atoms with Crippen molar-refractivity contribution in [1.82, 2.24) is 0 Å². The van der Waals surface area contributed by atoms with Gasteiger partial charge in [0.2, 0.25) is 0 Å². The van der Waals surface area contributed by atoms with Gasteiger partial charge in [0.05, 0.1) is 35.1 Å². The molecule has 0 saturated heterocycles. The molecule has 0 saturated carbocycles. The molecule has 3 aromatic rings. The molecule has 0 aliphatic heterocycles. The standard InChI is InChI=1S/C27H23Cl2IN2O5/c1-4-36-25-11-17(10-21(30)26(25)37-15-16-5-7-19(28)8-6-16)9-18(14-31)27(33)32-22-13-23(34-2)20(29)12-24(22)35-3/h5-13H,4,15H2,1-3H3,(H,32,33)/b18-9+. The maximum Gasteiger partial charge on any atom is 0.266 e. The second-order valence-electron chi connectivity index (χ2n) is 7.49. The number of nitriles is 1. The molecule has 0 radical (unpaired) electrons. The van der Waals surface area contributed by atoms with Crippen LogP contribution in [0.25, 0.3) is 6.08 Å². The first-order valence-corrected chi connectivity index (χ1v) is 12.8. The number of ether oxygens (including phenoxy) is 4. The molecule has 3 aromatic carbocycles. The molecular formula is C27H23Cl2IN2O5. The number of anilines is 1. The summed E-state index contributed by atoms with van der Waals surface area (Å²) >= 11 is 14.2. The van der Waals surface area contributed by atoms with Crippen molar-refractivity contribution in [2.75, 3.05) is 26.1 Å². The second kappa shape index (κ2) is 13.4. The van der Waals surface area contributed by atoms with Crippen molar-refractivity contribution in [3.05, 3.63) is 78.8 Å². The normalized spacial score (nSPS) is 10.9. The van der Waals surface area contributed by atoms with Gasteiger partial charge in [0.15, 0.2) is 11.5 Å². The Balaban J connectivity index is 1.88. The van der Waals surface area contributed by atoms with Gasteiger partial charge in [-0.05, 0) is 71.0 Å². The van der Waals surface area contributed by atoms with Crippen LogP contribution in [-0.4, -0.2) is 26.7 Å². The molecule has 37 heavy (non-hydrogen) atoms. The number of rotatable bonds is 10. The largest absolute Gasteiger partial charge is 0.495 e. The monoisotopic (exact) mass is 652 g/mol. The van der Waals surface area contributed by atoms with Gasteiger partial charge < -0.3 is 24.3 Å². The van der Waals surface area contributed by atoms with Crippen molar-refractivity contribution in [3.8, 4) is 29.1 Å². The van der Waals surface area contributed by atoms with Gasteiger partial charge in [-0.15, -0.1) is 0 Å². The molecular weight excluding hydrogens is 630 g/mol. The molecule has 0 bridgehead atoms. The fourth-order valence-corrected chi connectivity index (χ4v) is 4.41. The lowest BCUT2D eigenvalue weighted by atomic mass is 10.1. The third-order valence-electron chi connectivity index (χ3n) is 5.03. The number of hydrogen-bond acceptors (Lipinski definition) is 6. The summed E-state index contributed by atoms with van der Waals surface area (Å²) in [5.41, 5.74) is 1.73. The van der Waals surface area contributed by atoms with E-state index >= 15 is 0 Å². The lowest BCUT2D eigenvalue weighted by Gasteiger charge is -2.15. The van der Waals surface area contributed by atoms with Gasteiger partial charge in [-0.2, -0.15) is 5.26 Å². The molecule has 0 heterocycles. The SMILES string of the molecule is CCOc1cc(/C=C(\C#N)C(=O)Nc2cc(OC)c(Cl)cc2OC)cc(I)c1OCc1ccc(Cl)cc1. The lowest BCUT2D eigenvalue weighted by Crippen LogP contribution is -2.14. The Morgan fingerprint density at radius 3 is 2.35 bits per heavy atom. The van der Waals surface area contributed by atoms with Gasteiger partial charge >= 0.3 is 0 Å². The number of carbonyl (C=O) groups excluding carboxylic acids is 1. The number of amides is 1. The van der Waals surface area contributed by atoms with Crippen LogP contribution in [0.2, 0.25) is 10.0 Å². The third-order valence-corrected chi connectivity index (χ3v) is 6.37. The number of nitrogens with one attached hydrogen (secondary N) is 1. The quantitative estimate of drug-likeness (QED) is 0.142. The van der Waals surface area contributed by atoms with E-state index in [-0.39, 0.29) is 5.57 Å². The van der Waals surface area contributed by atoms with Crippen LogP contribution < -0.4 is 24.3 Å². The predicted molar refractivity (Wildman–Crippen MR) is 153 cm³/mol. The minimum atomic E-state index is -0.624. The van der Waals surface area contributed by atoms with Crippen molar-refractivity contribution >= 4 is 63.5 Å². The van der Waals surface area contributed by atoms with E-state index < -0.39 is 5.91 Å². The number of carbonyl (C=O) groups is 1. The van der Waals surface area contributed by atoms with Crippen molar-refractivity contribution in [2.24, 2.45) is 0 Å². The van der Waals surface area contributed by atoms with Gasteiger partial charge in [0.25, 0.3) is 5.91 Å². The van der Waals surface area contributed by atoms with Crippen LogP contribution in [0.1, 0.15) is 18.1 Å². The Hall–Kier alpha value is -3.13. The van der Waals surface area contributed by atoms with Crippen LogP contribution in [0.3, 0.4) is 0 Å². The number of methoxy groups -OCH3 is 2. The van der Waals surface area contributed by atoms with Gasteiger partial charge in [-0.3, -0.25) is 4.79 Å². The maximum absolute atomic E-state index is 12.9. The summed E-state index contributed by atoms with van der Waals surface area (Å²) in [4.78, 5) is 12.9. The number of benzene rings is 3. The zero-order chi connectivity index (χ0) is 26.9. The molecule has 0 fully saturated rings. The summed E-state index contributed by atoms with van der Waals surface area (Å²) in [5.74, 6) is 1.12. The summed E-state index contributed by atoms with van der Waals surface area (Å²) in [6.45, 7) is 2.59. The van der Waals surface area contributed by atoms with E-state index in [0.29, 0.717) is 57.5 Å². The highest BCUT2D eigenvalue weighted by atomic mass is 127. The van der Waals surface area contributed by atoms with Crippen LogP contribution in [-0.2, 0) is 11.4 Å². The van der Waals surface area contributed by atoms with Crippen LogP contribution in [0.5, 0.6) is 23.0 Å². The Morgan fingerprint density at radius 2 is 1.73 bits per heavy atom. The Labute approximate surface area is 239 Å². The van der Waals surface area contributed by atoms with Crippen molar-refractivity contribution in [2.45, 2.75) is 13.5 Å². The van der Waals surface area contributed by atoms with Crippen LogP contribution in [0, 0.1) is 14.9 Å². The highest BCUT2D eigenvalue weighted by Crippen LogP contribution is 2.37. The zero-order valence-electron chi connectivity index (χ0n) is 20.2. The second-order valence-corrected chi connectivity index (χ2v) is 9.49. The molecule has 0 spiro atoms. The van der Waals surface area contributed by atoms with Gasteiger partial charge in [-0.25, -0.2) is 0 Å². The first-order chi connectivity index (χ1) is 17.8. The maximum atomic E-state index is 12.9. The smallest absolute Gasteiger partial charge is 0.266 e. The van der Waals surface area contributed by atoms with Crippen molar-refractivity contribution in [3.63, 3.8) is 0 Å². The first kappa shape index (κ1) is 28.4. The zero-order valence-corrected chi connectivity index (χ0v) is 23.9. The van der Waals surface area contributed by atoms with Gasteiger partial charge in [0.1, 0.15) is 29.7 Å². The molecule has 1 amide bonds. The number of halogens is 3. The number of hydrogen-bond donors (Lipinski definition) is 1. The fraction of sp³-hybridized carbons (Fsp3) is 0.185. The molecule has 0 atom stereocenters. The summed E-state index contributed by atoms with van der Waals surface area (Å²) in [7, 11) is 2.91. The fourth-order valence-electron chi connectivity index (χ4n) is 3.27. The van der Waals surface area contributed by atoms with Gasteiger partial charge in [0, 0.05) is 17.2 Å². The molecule has 10 heteroatoms. The molecule has 3 rings (SSSR count). The topological polar surface area (TPSA) is 89.8 Å². The van der Waals surface area contributed by atoms with E-state index in [2.05, 4.69) is 27.9 Å². The molecule has 0 unspecified atom stereocenters. The van der Waals surface area contributed by atoms with E-state index in [9.17, 15) is 10.1 Å². The lowest BCUT2D eigenvalue weighted by molar-refractivity contribution is -0.112. The predicted octanol–water partition coefficient (Wildman–Crippen LogP) is 7.14. The van der Waals surface area contributed by atoms with Crippen molar-refractivity contribution < 1.29 is 23.7 Å². The highest BCUT2D eigenvalue weighted by molar-refractivity contribution is 14.1. The molecule has 0 aliphatic carbocycles. The van der Waals surface area contributed by atoms with Crippen LogP contribution >= 0.6 is 45.8 Å². The highest BCUT2D eigenvalue weighted by Gasteiger charge is 2.17. The third kappa shape index (κ3) is 7.44. The molecule has 7 nitrogen and oxygen atoms in total. The van der Waals surface area contributed by atoms with E-state index in [1.807, 2.05) is 25.1 Å². The van der Waals surface area contributed by atoms with Crippen LogP contribution in [0.4, 0.5) is 5.69 Å². The summed E-state index contributed by atoms with van der Waals surface area (Å²) in [6.07, 6.45) is 1.47. The summed E-state index contributed by atoms with van der Waals surface area (Å²) in [5, 5.41) is 13.4. The van der Waals surface area contributed by atoms with E-state index in [4.69, 9.17) is 42.1 Å². The number of nitrogens with zero attached hydrogens (tertiary/aromatic N) is 1. The Bertz CT molecular complexity index is 1350. The van der Waals surface area contributed by atoms with Gasteiger partial charge in [-0.1, -0.05) is 35.3 Å².